The molecule has 1 N–H and O–H groups in total. The fraction of sp³-hybridized carbons (Fsp3) is 0.500. The highest BCUT2D eigenvalue weighted by Gasteiger charge is 2.24. The number of azo groups is 1. The van der Waals surface area contributed by atoms with Crippen molar-refractivity contribution in [1.29, 1.82) is 0 Å². The molecule has 0 bridgehead atoms. The van der Waals surface area contributed by atoms with E-state index in [-0.39, 0.29) is 0 Å². The largest absolute Gasteiger partial charge is 0.385 e. The molecule has 1 aliphatic rings. The summed E-state index contributed by atoms with van der Waals surface area (Å²) < 4.78 is 0. The van der Waals surface area contributed by atoms with Crippen LogP contribution in [-0.4, -0.2) is 10.7 Å². The Labute approximate surface area is 139 Å². The van der Waals surface area contributed by atoms with Crippen molar-refractivity contribution >= 4 is 5.69 Å². The minimum atomic E-state index is -0.698. The smallest absolute Gasteiger partial charge is 0.0866 e. The van der Waals surface area contributed by atoms with Gasteiger partial charge in [0.15, 0.2) is 0 Å². The second kappa shape index (κ2) is 9.41. The van der Waals surface area contributed by atoms with Crippen molar-refractivity contribution in [1.82, 2.24) is 0 Å². The zero-order valence-electron chi connectivity index (χ0n) is 14.1. The van der Waals surface area contributed by atoms with Crippen molar-refractivity contribution < 1.29 is 5.11 Å². The molecule has 0 saturated heterocycles. The van der Waals surface area contributed by atoms with Crippen LogP contribution in [0.4, 0.5) is 5.69 Å². The molecular weight excluding hydrogens is 284 g/mol. The van der Waals surface area contributed by atoms with Crippen LogP contribution < -0.4 is 0 Å². The number of benzene rings is 1. The fourth-order valence-corrected chi connectivity index (χ4v) is 2.74. The maximum absolute atomic E-state index is 10.6. The fourth-order valence-electron chi connectivity index (χ4n) is 2.74. The minimum Gasteiger partial charge on any atom is -0.385 e. The van der Waals surface area contributed by atoms with E-state index in [2.05, 4.69) is 17.2 Å². The predicted molar refractivity (Wildman–Crippen MR) is 95.7 cm³/mol. The van der Waals surface area contributed by atoms with Crippen molar-refractivity contribution in [3.05, 3.63) is 54.3 Å². The van der Waals surface area contributed by atoms with Gasteiger partial charge in [-0.15, -0.1) is 0 Å². The van der Waals surface area contributed by atoms with Gasteiger partial charge in [0, 0.05) is 6.42 Å². The molecule has 1 aromatic carbocycles. The third kappa shape index (κ3) is 6.49. The molecule has 1 aliphatic carbocycles. The van der Waals surface area contributed by atoms with Crippen LogP contribution in [0.5, 0.6) is 0 Å². The van der Waals surface area contributed by atoms with Crippen molar-refractivity contribution in [2.75, 3.05) is 0 Å². The van der Waals surface area contributed by atoms with Crippen molar-refractivity contribution in [2.45, 2.75) is 63.9 Å². The summed E-state index contributed by atoms with van der Waals surface area (Å²) >= 11 is 0. The van der Waals surface area contributed by atoms with E-state index in [0.717, 1.165) is 24.2 Å². The summed E-state index contributed by atoms with van der Waals surface area (Å²) in [5.74, 6) is 0. The summed E-state index contributed by atoms with van der Waals surface area (Å²) in [5.41, 5.74) is 0.965. The highest BCUT2D eigenvalue weighted by atomic mass is 16.3. The number of rotatable bonds is 9. The van der Waals surface area contributed by atoms with Gasteiger partial charge in [0.05, 0.1) is 17.0 Å². The highest BCUT2D eigenvalue weighted by molar-refractivity contribution is 5.35. The zero-order chi connectivity index (χ0) is 16.4. The van der Waals surface area contributed by atoms with Gasteiger partial charge in [-0.3, -0.25) is 0 Å². The number of hydrogen-bond acceptors (Lipinski definition) is 3. The van der Waals surface area contributed by atoms with Crippen LogP contribution in [0.1, 0.15) is 58.3 Å². The van der Waals surface area contributed by atoms with Gasteiger partial charge in [-0.1, -0.05) is 75.8 Å². The SMILES string of the molecule is CCCCCCCCC1(O)C=CC(N=Nc2ccccc2)=CC1. The van der Waals surface area contributed by atoms with Crippen LogP contribution in [0.25, 0.3) is 0 Å². The molecule has 0 radical (unpaired) electrons. The summed E-state index contributed by atoms with van der Waals surface area (Å²) in [6.07, 6.45) is 14.7. The van der Waals surface area contributed by atoms with Crippen molar-refractivity contribution in [3.8, 4) is 0 Å². The van der Waals surface area contributed by atoms with Gasteiger partial charge in [0.1, 0.15) is 0 Å². The van der Waals surface area contributed by atoms with E-state index in [9.17, 15) is 5.11 Å². The summed E-state index contributed by atoms with van der Waals surface area (Å²) in [6.45, 7) is 2.23. The molecule has 1 unspecified atom stereocenters. The molecule has 0 spiro atoms. The van der Waals surface area contributed by atoms with Gasteiger partial charge in [0.2, 0.25) is 0 Å². The van der Waals surface area contributed by atoms with E-state index in [4.69, 9.17) is 0 Å². The maximum Gasteiger partial charge on any atom is 0.0866 e. The number of nitrogens with zero attached hydrogens (tertiary/aromatic N) is 2. The van der Waals surface area contributed by atoms with E-state index in [0.29, 0.717) is 6.42 Å². The molecule has 124 valence electrons. The molecule has 1 aromatic rings. The summed E-state index contributed by atoms with van der Waals surface area (Å²) in [5, 5.41) is 19.0. The van der Waals surface area contributed by atoms with Crippen LogP contribution >= 0.6 is 0 Å². The molecule has 0 aromatic heterocycles. The third-order valence-electron chi connectivity index (χ3n) is 4.23. The lowest BCUT2D eigenvalue weighted by Crippen LogP contribution is -2.26. The van der Waals surface area contributed by atoms with Gasteiger partial charge in [-0.2, -0.15) is 10.2 Å². The third-order valence-corrected chi connectivity index (χ3v) is 4.23. The van der Waals surface area contributed by atoms with Crippen LogP contribution in [0.15, 0.2) is 64.5 Å². The Morgan fingerprint density at radius 3 is 2.43 bits per heavy atom. The van der Waals surface area contributed by atoms with Crippen LogP contribution in [0.2, 0.25) is 0 Å². The average molecular weight is 312 g/mol. The average Bonchev–Trinajstić information content (AvgIpc) is 2.59. The first-order valence-electron chi connectivity index (χ1n) is 8.80. The normalized spacial score (nSPS) is 20.9. The van der Waals surface area contributed by atoms with E-state index < -0.39 is 5.60 Å². The Morgan fingerprint density at radius 1 is 1.00 bits per heavy atom. The molecule has 3 nitrogen and oxygen atoms in total. The van der Waals surface area contributed by atoms with Crippen molar-refractivity contribution in [2.24, 2.45) is 10.2 Å². The zero-order valence-corrected chi connectivity index (χ0v) is 14.1. The van der Waals surface area contributed by atoms with Crippen LogP contribution in [-0.2, 0) is 0 Å². The quantitative estimate of drug-likeness (QED) is 0.435. The molecule has 3 heteroatoms. The molecule has 2 rings (SSSR count). The molecule has 0 aliphatic heterocycles. The lowest BCUT2D eigenvalue weighted by atomic mass is 9.88. The van der Waals surface area contributed by atoms with Gasteiger partial charge in [-0.05, 0) is 24.6 Å². The molecule has 0 saturated carbocycles. The summed E-state index contributed by atoms with van der Waals surface area (Å²) in [4.78, 5) is 0. The highest BCUT2D eigenvalue weighted by Crippen LogP contribution is 2.27. The Morgan fingerprint density at radius 2 is 1.74 bits per heavy atom. The lowest BCUT2D eigenvalue weighted by molar-refractivity contribution is 0.0799. The number of unbranched alkanes of at least 4 members (excludes halogenated alkanes) is 5. The van der Waals surface area contributed by atoms with E-state index in [1.165, 1.54) is 32.1 Å². The number of hydrogen-bond donors (Lipinski definition) is 1. The second-order valence-corrected chi connectivity index (χ2v) is 6.32. The van der Waals surface area contributed by atoms with Gasteiger partial charge in [-0.25, -0.2) is 0 Å². The topological polar surface area (TPSA) is 45.0 Å². The van der Waals surface area contributed by atoms with Gasteiger partial charge < -0.3 is 5.11 Å². The Balaban J connectivity index is 1.74. The lowest BCUT2D eigenvalue weighted by Gasteiger charge is -2.25. The van der Waals surface area contributed by atoms with E-state index in [1.54, 1.807) is 0 Å². The standard InChI is InChI=1S/C20H28N2O/c1-2-3-4-5-6-10-15-20(23)16-13-19(14-17-20)22-21-18-11-8-7-9-12-18/h7-9,11-14,16,23H,2-6,10,15,17H2,1H3. The van der Waals surface area contributed by atoms with E-state index >= 15 is 0 Å². The van der Waals surface area contributed by atoms with Crippen LogP contribution in [0.3, 0.4) is 0 Å². The summed E-state index contributed by atoms with van der Waals surface area (Å²) in [7, 11) is 0. The molecular formula is C20H28N2O. The first kappa shape index (κ1) is 17.6. The second-order valence-electron chi connectivity index (χ2n) is 6.32. The molecule has 1 atom stereocenters. The first-order chi connectivity index (χ1) is 11.2. The predicted octanol–water partition coefficient (Wildman–Crippen LogP) is 6.10. The monoisotopic (exact) mass is 312 g/mol. The van der Waals surface area contributed by atoms with E-state index in [1.807, 2.05) is 48.6 Å². The van der Waals surface area contributed by atoms with Crippen LogP contribution in [0, 0.1) is 0 Å². The Hall–Kier alpha value is -1.74. The summed E-state index contributed by atoms with van der Waals surface area (Å²) in [6, 6.07) is 9.69. The first-order valence-corrected chi connectivity index (χ1v) is 8.80. The molecule has 0 heterocycles. The van der Waals surface area contributed by atoms with Crippen molar-refractivity contribution in [3.63, 3.8) is 0 Å². The molecule has 23 heavy (non-hydrogen) atoms. The van der Waals surface area contributed by atoms with Gasteiger partial charge in [0.25, 0.3) is 0 Å². The Bertz CT molecular complexity index is 548. The Kier molecular flexibility index (Phi) is 7.21. The maximum atomic E-state index is 10.6. The molecule has 0 amide bonds. The number of aliphatic hydroxyl groups is 1. The van der Waals surface area contributed by atoms with Gasteiger partial charge >= 0.3 is 0 Å². The minimum absolute atomic E-state index is 0.627. The molecule has 0 fully saturated rings. The number of allylic oxidation sites excluding steroid dienone is 1.